The molecule has 6 unspecified atom stereocenters. The standard InChI is InChI=1S/C45H66N6O11/c1-7-27(2)16-14-12-10-8-9-11-13-15-17-38(55)50(5)35(26-52)43(59)47-28(3)41(57)46-25-39(56)51(6)40-31-19-21-37(54)33(24-31)32-22-30(18-20-36(32)53)23-34(45(61)62)49-42(58)29(4)48-44(40)60/h18-22,24,27-29,34-35,40,52-54H,7-17,23,25-26H2,1-6H3,(H,46,57)(H,47,59)(H,48,60)(H,49,58)(H,61,62). The van der Waals surface area contributed by atoms with Gasteiger partial charge in [-0.15, -0.1) is 0 Å². The molecule has 1 aliphatic rings. The number of carbonyl (C=O) groups excluding carboxylic acids is 6. The number of carboxylic acids is 1. The molecule has 3 rings (SSSR count). The van der Waals surface area contributed by atoms with Crippen LogP contribution < -0.4 is 21.3 Å². The van der Waals surface area contributed by atoms with Gasteiger partial charge in [0.1, 0.15) is 41.7 Å². The van der Waals surface area contributed by atoms with E-state index in [9.17, 15) is 54.0 Å². The number of rotatable bonds is 21. The molecule has 8 N–H and O–H groups in total. The van der Waals surface area contributed by atoms with Crippen LogP contribution in [0, 0.1) is 5.92 Å². The summed E-state index contributed by atoms with van der Waals surface area (Å²) in [5.74, 6) is -5.46. The van der Waals surface area contributed by atoms with Gasteiger partial charge in [0.05, 0.1) is 13.2 Å². The second-order valence-electron chi connectivity index (χ2n) is 16.4. The second-order valence-corrected chi connectivity index (χ2v) is 16.4. The molecule has 0 radical (unpaired) electrons. The Bertz CT molecular complexity index is 1890. The van der Waals surface area contributed by atoms with Crippen LogP contribution in [0.4, 0.5) is 0 Å². The summed E-state index contributed by atoms with van der Waals surface area (Å²) in [7, 11) is 2.69. The first-order valence-electron chi connectivity index (χ1n) is 21.6. The minimum atomic E-state index is -1.47. The molecule has 1 heterocycles. The van der Waals surface area contributed by atoms with Crippen molar-refractivity contribution in [1.29, 1.82) is 0 Å². The quantitative estimate of drug-likeness (QED) is 0.0846. The number of phenols is 2. The third-order valence-electron chi connectivity index (χ3n) is 11.6. The molecule has 2 aromatic rings. The van der Waals surface area contributed by atoms with E-state index in [0.717, 1.165) is 41.4 Å². The molecule has 1 aliphatic heterocycles. The Morgan fingerprint density at radius 3 is 2.02 bits per heavy atom. The smallest absolute Gasteiger partial charge is 0.326 e. The molecular formula is C45H66N6O11. The third kappa shape index (κ3) is 14.7. The lowest BCUT2D eigenvalue weighted by Crippen LogP contribution is -2.55. The zero-order valence-electron chi connectivity index (χ0n) is 36.9. The van der Waals surface area contributed by atoms with E-state index in [1.165, 1.54) is 96.4 Å². The maximum Gasteiger partial charge on any atom is 0.326 e. The number of aliphatic hydroxyl groups is 1. The van der Waals surface area contributed by atoms with E-state index < -0.39 is 78.9 Å². The number of benzene rings is 2. The van der Waals surface area contributed by atoms with E-state index in [0.29, 0.717) is 12.0 Å². The van der Waals surface area contributed by atoms with Crippen LogP contribution in [0.3, 0.4) is 0 Å². The van der Waals surface area contributed by atoms with E-state index >= 15 is 0 Å². The molecule has 6 amide bonds. The SMILES string of the molecule is CCC(C)CCCCCCCCCCC(=O)N(C)C(CO)C(=O)NC(C)C(=O)NCC(=O)N(C)C1C(=O)NC(C)C(=O)NC(C(=O)O)Cc2ccc(O)c(c2)-c2cc1ccc2O. The Balaban J connectivity index is 1.63. The lowest BCUT2D eigenvalue weighted by Gasteiger charge is -2.30. The van der Waals surface area contributed by atoms with Crippen molar-refractivity contribution in [3.8, 4) is 22.6 Å². The molecule has 17 nitrogen and oxygen atoms in total. The van der Waals surface area contributed by atoms with E-state index in [-0.39, 0.29) is 46.9 Å². The highest BCUT2D eigenvalue weighted by Crippen LogP contribution is 2.38. The van der Waals surface area contributed by atoms with Gasteiger partial charge in [0.2, 0.25) is 35.4 Å². The van der Waals surface area contributed by atoms with Gasteiger partial charge in [-0.25, -0.2) is 4.79 Å². The van der Waals surface area contributed by atoms with Crippen LogP contribution in [-0.2, 0) is 40.0 Å². The number of hydrogen-bond acceptors (Lipinski definition) is 10. The molecule has 62 heavy (non-hydrogen) atoms. The van der Waals surface area contributed by atoms with Gasteiger partial charge in [0.25, 0.3) is 0 Å². The monoisotopic (exact) mass is 866 g/mol. The van der Waals surface area contributed by atoms with Crippen molar-refractivity contribution in [3.05, 3.63) is 47.5 Å². The number of nitrogens with zero attached hydrogens (tertiary/aromatic N) is 2. The maximum absolute atomic E-state index is 13.9. The molecule has 2 aromatic carbocycles. The predicted octanol–water partition coefficient (Wildman–Crippen LogP) is 3.28. The van der Waals surface area contributed by atoms with E-state index in [4.69, 9.17) is 0 Å². The summed E-state index contributed by atoms with van der Waals surface area (Å²) in [6.07, 6.45) is 11.0. The number of fused-ring (bicyclic) bond motifs is 5. The molecule has 0 aromatic heterocycles. The predicted molar refractivity (Wildman–Crippen MR) is 231 cm³/mol. The third-order valence-corrected chi connectivity index (χ3v) is 11.6. The Kier molecular flexibility index (Phi) is 20.1. The van der Waals surface area contributed by atoms with Crippen molar-refractivity contribution in [2.24, 2.45) is 5.92 Å². The largest absolute Gasteiger partial charge is 0.507 e. The number of likely N-dealkylation sites (N-methyl/N-ethyl adjacent to an activating group) is 2. The van der Waals surface area contributed by atoms with Crippen LogP contribution in [0.2, 0.25) is 0 Å². The Hall–Kier alpha value is -5.71. The lowest BCUT2D eigenvalue weighted by atomic mass is 9.94. The number of aromatic hydroxyl groups is 2. The molecule has 0 aliphatic carbocycles. The summed E-state index contributed by atoms with van der Waals surface area (Å²) in [5.41, 5.74) is 0.725. The van der Waals surface area contributed by atoms with Crippen LogP contribution >= 0.6 is 0 Å². The molecule has 0 saturated carbocycles. The fraction of sp³-hybridized carbons (Fsp3) is 0.578. The Morgan fingerprint density at radius 2 is 1.40 bits per heavy atom. The first-order chi connectivity index (χ1) is 29.4. The van der Waals surface area contributed by atoms with Gasteiger partial charge in [0.15, 0.2) is 0 Å². The minimum absolute atomic E-state index is 0.0665. The fourth-order valence-electron chi connectivity index (χ4n) is 7.23. The summed E-state index contributed by atoms with van der Waals surface area (Å²) in [4.78, 5) is 93.9. The summed E-state index contributed by atoms with van der Waals surface area (Å²) < 4.78 is 0. The number of amides is 6. The van der Waals surface area contributed by atoms with Gasteiger partial charge in [0, 0.05) is 38.1 Å². The van der Waals surface area contributed by atoms with Gasteiger partial charge in [-0.3, -0.25) is 28.8 Å². The fourth-order valence-corrected chi connectivity index (χ4v) is 7.23. The number of nitrogens with one attached hydrogen (secondary N) is 4. The highest BCUT2D eigenvalue weighted by Gasteiger charge is 2.34. The van der Waals surface area contributed by atoms with E-state index in [1.54, 1.807) is 0 Å². The van der Waals surface area contributed by atoms with Crippen molar-refractivity contribution >= 4 is 41.4 Å². The maximum atomic E-state index is 13.9. The molecule has 342 valence electrons. The minimum Gasteiger partial charge on any atom is -0.507 e. The van der Waals surface area contributed by atoms with Gasteiger partial charge in [-0.05, 0) is 61.6 Å². The highest BCUT2D eigenvalue weighted by atomic mass is 16.4. The lowest BCUT2D eigenvalue weighted by molar-refractivity contribution is -0.143. The number of phenolic OH excluding ortho intramolecular Hbond substituents is 2. The van der Waals surface area contributed by atoms with E-state index in [1.807, 2.05) is 0 Å². The Morgan fingerprint density at radius 1 is 0.806 bits per heavy atom. The normalized spacial score (nSPS) is 17.9. The van der Waals surface area contributed by atoms with Crippen LogP contribution in [0.1, 0.15) is 115 Å². The van der Waals surface area contributed by atoms with Gasteiger partial charge in [-0.1, -0.05) is 83.8 Å². The number of aliphatic hydroxyl groups excluding tert-OH is 1. The zero-order valence-corrected chi connectivity index (χ0v) is 36.9. The average molecular weight is 867 g/mol. The zero-order chi connectivity index (χ0) is 46.1. The van der Waals surface area contributed by atoms with Crippen molar-refractivity contribution < 1.29 is 54.0 Å². The molecule has 4 bridgehead atoms. The van der Waals surface area contributed by atoms with Crippen LogP contribution in [-0.4, -0.2) is 123 Å². The van der Waals surface area contributed by atoms with Crippen LogP contribution in [0.5, 0.6) is 11.5 Å². The highest BCUT2D eigenvalue weighted by molar-refractivity contribution is 5.96. The van der Waals surface area contributed by atoms with Gasteiger partial charge in [-0.2, -0.15) is 0 Å². The number of hydrogen-bond donors (Lipinski definition) is 8. The second kappa shape index (κ2) is 24.7. The van der Waals surface area contributed by atoms with E-state index in [2.05, 4.69) is 35.1 Å². The van der Waals surface area contributed by atoms with Crippen molar-refractivity contribution in [3.63, 3.8) is 0 Å². The number of carboxylic acid groups (broad SMARTS) is 1. The summed E-state index contributed by atoms with van der Waals surface area (Å²) >= 11 is 0. The van der Waals surface area contributed by atoms with Gasteiger partial charge >= 0.3 is 5.97 Å². The van der Waals surface area contributed by atoms with Gasteiger partial charge < -0.3 is 51.5 Å². The first-order valence-corrected chi connectivity index (χ1v) is 21.6. The molecule has 17 heteroatoms. The number of aliphatic carboxylic acids is 1. The molecule has 0 fully saturated rings. The first kappa shape index (κ1) is 50.6. The molecule has 0 saturated heterocycles. The van der Waals surface area contributed by atoms with Crippen LogP contribution in [0.15, 0.2) is 36.4 Å². The number of unbranched alkanes of at least 4 members (excludes halogenated alkanes) is 7. The van der Waals surface area contributed by atoms with Crippen molar-refractivity contribution in [2.75, 3.05) is 27.2 Å². The average Bonchev–Trinajstić information content (AvgIpc) is 3.23. The van der Waals surface area contributed by atoms with Crippen molar-refractivity contribution in [1.82, 2.24) is 31.1 Å². The summed E-state index contributed by atoms with van der Waals surface area (Å²) in [6, 6.07) is 1.63. The molecular weight excluding hydrogens is 801 g/mol. The van der Waals surface area contributed by atoms with Crippen molar-refractivity contribution in [2.45, 2.75) is 135 Å². The Labute approximate surface area is 364 Å². The summed E-state index contributed by atoms with van der Waals surface area (Å²) in [5, 5.41) is 51.3. The van der Waals surface area contributed by atoms with Crippen LogP contribution in [0.25, 0.3) is 11.1 Å². The molecule has 0 spiro atoms. The summed E-state index contributed by atoms with van der Waals surface area (Å²) in [6.45, 7) is 5.87. The number of carbonyl (C=O) groups is 7. The topological polar surface area (TPSA) is 255 Å². The molecule has 6 atom stereocenters.